The third-order valence-electron chi connectivity index (χ3n) is 4.43. The molecule has 0 aromatic carbocycles. The number of nitrogens with two attached hydrogens (primary N) is 1. The first-order chi connectivity index (χ1) is 11.8. The summed E-state index contributed by atoms with van der Waals surface area (Å²) in [5.41, 5.74) is 5.63. The van der Waals surface area contributed by atoms with E-state index in [-0.39, 0.29) is 29.8 Å². The Morgan fingerprint density at radius 1 is 1.24 bits per heavy atom. The van der Waals surface area contributed by atoms with Crippen LogP contribution in [0.4, 0.5) is 5.00 Å². The van der Waals surface area contributed by atoms with Gasteiger partial charge in [0.1, 0.15) is 5.00 Å². The Kier molecular flexibility index (Phi) is 6.55. The summed E-state index contributed by atoms with van der Waals surface area (Å²) in [6.07, 6.45) is 1.48. The lowest BCUT2D eigenvalue weighted by Gasteiger charge is -2.34. The van der Waals surface area contributed by atoms with Gasteiger partial charge in [0.05, 0.1) is 11.6 Å². The number of likely N-dealkylation sites (tertiary alicyclic amines) is 1. The predicted octanol–water partition coefficient (Wildman–Crippen LogP) is 1.41. The fourth-order valence-corrected chi connectivity index (χ4v) is 3.73. The maximum atomic E-state index is 12.5. The van der Waals surface area contributed by atoms with Crippen LogP contribution in [-0.4, -0.2) is 47.8 Å². The second kappa shape index (κ2) is 8.44. The first-order valence-corrected chi connectivity index (χ1v) is 9.40. The molecule has 1 atom stereocenters. The van der Waals surface area contributed by atoms with Gasteiger partial charge in [0, 0.05) is 12.0 Å². The fourth-order valence-electron chi connectivity index (χ4n) is 2.93. The van der Waals surface area contributed by atoms with Crippen molar-refractivity contribution in [2.75, 3.05) is 18.4 Å². The Labute approximate surface area is 151 Å². The Balaban J connectivity index is 1.88. The lowest BCUT2D eigenvalue weighted by atomic mass is 9.94. The topological polar surface area (TPSA) is 105 Å². The standard InChI is InChI=1S/C17H26N4O3S/c1-10(2)19-16(24)12-4-7-21(8-5-12)11(3)15(23)20-17-13(14(18)22)6-9-25-17/h6,9-12H,4-5,7-8H2,1-3H3,(H2,18,22)(H,19,24)(H,20,23). The molecule has 7 nitrogen and oxygen atoms in total. The van der Waals surface area contributed by atoms with Gasteiger partial charge in [-0.2, -0.15) is 0 Å². The summed E-state index contributed by atoms with van der Waals surface area (Å²) in [6.45, 7) is 7.12. The first-order valence-electron chi connectivity index (χ1n) is 8.52. The highest BCUT2D eigenvalue weighted by Crippen LogP contribution is 2.24. The molecule has 0 radical (unpaired) electrons. The fraction of sp³-hybridized carbons (Fsp3) is 0.588. The predicted molar refractivity (Wildman–Crippen MR) is 98.5 cm³/mol. The summed E-state index contributed by atoms with van der Waals surface area (Å²) < 4.78 is 0. The summed E-state index contributed by atoms with van der Waals surface area (Å²) in [5, 5.41) is 7.94. The number of nitrogens with zero attached hydrogens (tertiary/aromatic N) is 1. The third-order valence-corrected chi connectivity index (χ3v) is 5.26. The number of primary amides is 1. The van der Waals surface area contributed by atoms with Crippen LogP contribution in [0.15, 0.2) is 11.4 Å². The van der Waals surface area contributed by atoms with Crippen molar-refractivity contribution in [3.05, 3.63) is 17.0 Å². The van der Waals surface area contributed by atoms with Crippen molar-refractivity contribution in [2.24, 2.45) is 11.7 Å². The maximum Gasteiger partial charge on any atom is 0.251 e. The van der Waals surface area contributed by atoms with E-state index in [1.807, 2.05) is 20.8 Å². The van der Waals surface area contributed by atoms with Crippen LogP contribution in [0.3, 0.4) is 0 Å². The van der Waals surface area contributed by atoms with Crippen LogP contribution in [0.25, 0.3) is 0 Å². The number of rotatable bonds is 6. The number of hydrogen-bond donors (Lipinski definition) is 3. The molecule has 138 valence electrons. The highest BCUT2D eigenvalue weighted by molar-refractivity contribution is 7.14. The summed E-state index contributed by atoms with van der Waals surface area (Å²) >= 11 is 1.28. The van der Waals surface area contributed by atoms with Crippen LogP contribution in [0.2, 0.25) is 0 Å². The zero-order chi connectivity index (χ0) is 18.6. The molecule has 1 saturated heterocycles. The molecule has 1 fully saturated rings. The van der Waals surface area contributed by atoms with Gasteiger partial charge in [-0.15, -0.1) is 11.3 Å². The lowest BCUT2D eigenvalue weighted by molar-refractivity contribution is -0.127. The van der Waals surface area contributed by atoms with Gasteiger partial charge in [0.25, 0.3) is 5.91 Å². The highest BCUT2D eigenvalue weighted by Gasteiger charge is 2.30. The zero-order valence-electron chi connectivity index (χ0n) is 14.9. The van der Waals surface area contributed by atoms with Crippen LogP contribution in [-0.2, 0) is 9.59 Å². The van der Waals surface area contributed by atoms with Gasteiger partial charge in [-0.05, 0) is 58.1 Å². The largest absolute Gasteiger partial charge is 0.366 e. The van der Waals surface area contributed by atoms with Gasteiger partial charge in [0.15, 0.2) is 0 Å². The molecule has 2 rings (SSSR count). The zero-order valence-corrected chi connectivity index (χ0v) is 15.7. The molecule has 1 aromatic rings. The quantitative estimate of drug-likeness (QED) is 0.708. The van der Waals surface area contributed by atoms with Crippen molar-refractivity contribution in [2.45, 2.75) is 45.7 Å². The van der Waals surface area contributed by atoms with E-state index in [0.717, 1.165) is 12.8 Å². The van der Waals surface area contributed by atoms with Crippen molar-refractivity contribution >= 4 is 34.1 Å². The molecule has 0 saturated carbocycles. The average molecular weight is 366 g/mol. The highest BCUT2D eigenvalue weighted by atomic mass is 32.1. The van der Waals surface area contributed by atoms with E-state index < -0.39 is 5.91 Å². The first kappa shape index (κ1) is 19.4. The van der Waals surface area contributed by atoms with Crippen LogP contribution in [0.5, 0.6) is 0 Å². The number of piperidine rings is 1. The Hall–Kier alpha value is -1.93. The van der Waals surface area contributed by atoms with Crippen molar-refractivity contribution in [3.63, 3.8) is 0 Å². The molecule has 25 heavy (non-hydrogen) atoms. The summed E-state index contributed by atoms with van der Waals surface area (Å²) in [7, 11) is 0. The smallest absolute Gasteiger partial charge is 0.251 e. The van der Waals surface area contributed by atoms with E-state index in [4.69, 9.17) is 5.73 Å². The van der Waals surface area contributed by atoms with Crippen molar-refractivity contribution < 1.29 is 14.4 Å². The van der Waals surface area contributed by atoms with Gasteiger partial charge in [0.2, 0.25) is 11.8 Å². The summed E-state index contributed by atoms with van der Waals surface area (Å²) in [5.74, 6) is -0.625. The van der Waals surface area contributed by atoms with Crippen molar-refractivity contribution in [1.29, 1.82) is 0 Å². The molecule has 0 bridgehead atoms. The minimum absolute atomic E-state index is 0.00710. The van der Waals surface area contributed by atoms with E-state index in [1.165, 1.54) is 11.3 Å². The number of amides is 3. The van der Waals surface area contributed by atoms with Gasteiger partial charge < -0.3 is 16.4 Å². The number of anilines is 1. The van der Waals surface area contributed by atoms with Gasteiger partial charge in [-0.1, -0.05) is 0 Å². The van der Waals surface area contributed by atoms with Crippen LogP contribution < -0.4 is 16.4 Å². The van der Waals surface area contributed by atoms with Gasteiger partial charge in [-0.25, -0.2) is 0 Å². The minimum Gasteiger partial charge on any atom is -0.366 e. The summed E-state index contributed by atoms with van der Waals surface area (Å²) in [4.78, 5) is 38.0. The number of carbonyl (C=O) groups is 3. The second-order valence-electron chi connectivity index (χ2n) is 6.67. The monoisotopic (exact) mass is 366 g/mol. The lowest BCUT2D eigenvalue weighted by Crippen LogP contribution is -2.48. The molecule has 0 spiro atoms. The van der Waals surface area contributed by atoms with E-state index in [9.17, 15) is 14.4 Å². The molecule has 1 unspecified atom stereocenters. The minimum atomic E-state index is -0.554. The SMILES string of the molecule is CC(C)NC(=O)C1CCN(C(C)C(=O)Nc2sccc2C(N)=O)CC1. The average Bonchev–Trinajstić information content (AvgIpc) is 3.02. The van der Waals surface area contributed by atoms with E-state index in [2.05, 4.69) is 15.5 Å². The Morgan fingerprint density at radius 2 is 1.88 bits per heavy atom. The molecule has 1 aliphatic rings. The third kappa shape index (κ3) is 5.02. The van der Waals surface area contributed by atoms with Gasteiger partial charge >= 0.3 is 0 Å². The van der Waals surface area contributed by atoms with Crippen LogP contribution in [0.1, 0.15) is 44.0 Å². The van der Waals surface area contributed by atoms with Crippen molar-refractivity contribution in [1.82, 2.24) is 10.2 Å². The number of thiophene rings is 1. The molecule has 2 heterocycles. The second-order valence-corrected chi connectivity index (χ2v) is 7.58. The number of hydrogen-bond acceptors (Lipinski definition) is 5. The van der Waals surface area contributed by atoms with Crippen LogP contribution in [0, 0.1) is 5.92 Å². The van der Waals surface area contributed by atoms with Gasteiger partial charge in [-0.3, -0.25) is 19.3 Å². The summed E-state index contributed by atoms with van der Waals surface area (Å²) in [6, 6.07) is 1.41. The van der Waals surface area contributed by atoms with E-state index in [0.29, 0.717) is 23.7 Å². The van der Waals surface area contributed by atoms with Crippen molar-refractivity contribution in [3.8, 4) is 0 Å². The Bertz CT molecular complexity index is 636. The number of nitrogens with one attached hydrogen (secondary N) is 2. The van der Waals surface area contributed by atoms with Crippen LogP contribution >= 0.6 is 11.3 Å². The Morgan fingerprint density at radius 3 is 2.44 bits per heavy atom. The molecule has 8 heteroatoms. The molecule has 0 aliphatic carbocycles. The molecule has 1 aliphatic heterocycles. The van der Waals surface area contributed by atoms with E-state index >= 15 is 0 Å². The van der Waals surface area contributed by atoms with E-state index in [1.54, 1.807) is 11.4 Å². The number of carbonyl (C=O) groups excluding carboxylic acids is 3. The molecule has 4 N–H and O–H groups in total. The molecular weight excluding hydrogens is 340 g/mol. The molecule has 1 aromatic heterocycles. The molecule has 3 amide bonds. The maximum absolute atomic E-state index is 12.5. The normalized spacial score (nSPS) is 17.3. The molecular formula is C17H26N4O3S.